The summed E-state index contributed by atoms with van der Waals surface area (Å²) in [6.07, 6.45) is 0. The zero-order valence-electron chi connectivity index (χ0n) is 11.4. The van der Waals surface area contributed by atoms with Crippen LogP contribution >= 0.6 is 0 Å². The van der Waals surface area contributed by atoms with Gasteiger partial charge in [-0.15, -0.1) is 0 Å². The van der Waals surface area contributed by atoms with Crippen molar-refractivity contribution in [3.05, 3.63) is 23.8 Å². The number of nitrogens with zero attached hydrogens (tertiary/aromatic N) is 1. The summed E-state index contributed by atoms with van der Waals surface area (Å²) < 4.78 is 10.6. The summed E-state index contributed by atoms with van der Waals surface area (Å²) in [5.74, 6) is 1.15. The van der Waals surface area contributed by atoms with Crippen LogP contribution in [-0.2, 0) is 16.1 Å². The quantitative estimate of drug-likeness (QED) is 0.861. The van der Waals surface area contributed by atoms with Crippen LogP contribution in [0.2, 0.25) is 0 Å². The average molecular weight is 276 g/mol. The van der Waals surface area contributed by atoms with Crippen molar-refractivity contribution in [3.8, 4) is 11.5 Å². The predicted molar refractivity (Wildman–Crippen MR) is 70.2 cm³/mol. The van der Waals surface area contributed by atoms with Crippen molar-refractivity contribution in [3.63, 3.8) is 0 Å². The predicted octanol–water partition coefficient (Wildman–Crippen LogP) is 0.652. The molecule has 0 bridgehead atoms. The van der Waals surface area contributed by atoms with E-state index >= 15 is 0 Å². The molecule has 1 fully saturated rings. The number of nitrogens with one attached hydrogen (secondary N) is 1. The first-order valence-electron chi connectivity index (χ1n) is 6.45. The lowest BCUT2D eigenvalue weighted by molar-refractivity contribution is -0.148. The Morgan fingerprint density at radius 2 is 2.00 bits per heavy atom. The van der Waals surface area contributed by atoms with Gasteiger partial charge in [0, 0.05) is 6.54 Å². The molecule has 1 N–H and O–H groups in total. The maximum atomic E-state index is 12.3. The molecule has 1 aromatic rings. The van der Waals surface area contributed by atoms with Gasteiger partial charge in [0.05, 0.1) is 6.54 Å². The molecular formula is C14H16N2O4. The van der Waals surface area contributed by atoms with Crippen molar-refractivity contribution >= 4 is 11.8 Å². The summed E-state index contributed by atoms with van der Waals surface area (Å²) in [7, 11) is 0. The molecule has 2 amide bonds. The van der Waals surface area contributed by atoms with Gasteiger partial charge in [-0.2, -0.15) is 0 Å². The fraction of sp³-hybridized carbons (Fsp3) is 0.429. The monoisotopic (exact) mass is 276 g/mol. The Kier molecular flexibility index (Phi) is 2.81. The Morgan fingerprint density at radius 3 is 2.80 bits per heavy atom. The van der Waals surface area contributed by atoms with Crippen molar-refractivity contribution in [2.24, 2.45) is 0 Å². The summed E-state index contributed by atoms with van der Waals surface area (Å²) in [6.45, 7) is 4.10. The molecule has 1 saturated heterocycles. The maximum Gasteiger partial charge on any atom is 0.248 e. The largest absolute Gasteiger partial charge is 0.454 e. The fourth-order valence-corrected chi connectivity index (χ4v) is 2.47. The molecule has 20 heavy (non-hydrogen) atoms. The Labute approximate surface area is 116 Å². The molecule has 0 radical (unpaired) electrons. The number of hydrogen-bond acceptors (Lipinski definition) is 4. The number of rotatable bonds is 2. The van der Waals surface area contributed by atoms with Gasteiger partial charge >= 0.3 is 0 Å². The van der Waals surface area contributed by atoms with Gasteiger partial charge in [0.25, 0.3) is 0 Å². The van der Waals surface area contributed by atoms with Crippen LogP contribution in [0, 0.1) is 0 Å². The van der Waals surface area contributed by atoms with Crippen molar-refractivity contribution in [1.82, 2.24) is 10.2 Å². The molecule has 0 aliphatic carbocycles. The molecule has 0 spiro atoms. The number of amides is 2. The number of fused-ring (bicyclic) bond motifs is 1. The van der Waals surface area contributed by atoms with Gasteiger partial charge in [-0.3, -0.25) is 9.59 Å². The van der Waals surface area contributed by atoms with Crippen LogP contribution in [0.15, 0.2) is 18.2 Å². The Hall–Kier alpha value is -2.24. The molecule has 0 aromatic heterocycles. The minimum Gasteiger partial charge on any atom is -0.454 e. The summed E-state index contributed by atoms with van der Waals surface area (Å²) in [6, 6.07) is 5.53. The van der Waals surface area contributed by atoms with Crippen LogP contribution in [0.4, 0.5) is 0 Å². The average Bonchev–Trinajstić information content (AvgIpc) is 2.82. The van der Waals surface area contributed by atoms with Crippen LogP contribution in [0.5, 0.6) is 11.5 Å². The van der Waals surface area contributed by atoms with Gasteiger partial charge < -0.3 is 19.7 Å². The summed E-state index contributed by atoms with van der Waals surface area (Å²) in [5, 5.41) is 2.69. The van der Waals surface area contributed by atoms with E-state index in [0.717, 1.165) is 5.56 Å². The molecule has 1 aromatic carbocycles. The van der Waals surface area contributed by atoms with E-state index in [1.807, 2.05) is 18.2 Å². The first-order valence-corrected chi connectivity index (χ1v) is 6.45. The number of benzene rings is 1. The highest BCUT2D eigenvalue weighted by molar-refractivity contribution is 5.97. The van der Waals surface area contributed by atoms with E-state index in [0.29, 0.717) is 18.0 Å². The molecule has 2 heterocycles. The zero-order valence-corrected chi connectivity index (χ0v) is 11.4. The van der Waals surface area contributed by atoms with Crippen LogP contribution in [0.3, 0.4) is 0 Å². The van der Waals surface area contributed by atoms with Crippen molar-refractivity contribution in [2.75, 3.05) is 13.3 Å². The van der Waals surface area contributed by atoms with Crippen molar-refractivity contribution < 1.29 is 19.1 Å². The molecule has 106 valence electrons. The summed E-state index contributed by atoms with van der Waals surface area (Å²) in [4.78, 5) is 25.5. The molecule has 0 unspecified atom stereocenters. The van der Waals surface area contributed by atoms with Gasteiger partial charge in [0.1, 0.15) is 5.54 Å². The number of piperazine rings is 1. The molecular weight excluding hydrogens is 260 g/mol. The van der Waals surface area contributed by atoms with Gasteiger partial charge in [-0.1, -0.05) is 6.07 Å². The minimum atomic E-state index is -0.855. The van der Waals surface area contributed by atoms with E-state index in [2.05, 4.69) is 5.32 Å². The summed E-state index contributed by atoms with van der Waals surface area (Å²) >= 11 is 0. The van der Waals surface area contributed by atoms with E-state index in [1.54, 1.807) is 18.7 Å². The number of hydrogen-bond donors (Lipinski definition) is 1. The van der Waals surface area contributed by atoms with E-state index in [4.69, 9.17) is 9.47 Å². The third kappa shape index (κ3) is 2.17. The molecule has 0 atom stereocenters. The van der Waals surface area contributed by atoms with E-state index in [-0.39, 0.29) is 25.2 Å². The smallest absolute Gasteiger partial charge is 0.248 e. The lowest BCUT2D eigenvalue weighted by Crippen LogP contribution is -2.63. The Bertz CT molecular complexity index is 583. The van der Waals surface area contributed by atoms with Crippen LogP contribution in [0.1, 0.15) is 19.4 Å². The highest BCUT2D eigenvalue weighted by Gasteiger charge is 2.38. The van der Waals surface area contributed by atoms with E-state index < -0.39 is 5.54 Å². The lowest BCUT2D eigenvalue weighted by Gasteiger charge is -2.37. The number of ether oxygens (including phenoxy) is 2. The normalized spacial score (nSPS) is 20.0. The fourth-order valence-electron chi connectivity index (χ4n) is 2.47. The Balaban J connectivity index is 1.80. The highest BCUT2D eigenvalue weighted by atomic mass is 16.7. The van der Waals surface area contributed by atoms with Crippen LogP contribution < -0.4 is 14.8 Å². The second-order valence-corrected chi connectivity index (χ2v) is 5.52. The molecule has 2 aliphatic rings. The first-order chi connectivity index (χ1) is 9.45. The standard InChI is InChI=1S/C14H16N2O4/c1-14(2)13(18)16(7-12(17)15-14)6-9-3-4-10-11(5-9)20-8-19-10/h3-5H,6-8H2,1-2H3,(H,15,17). The second kappa shape index (κ2) is 4.40. The third-order valence-electron chi connectivity index (χ3n) is 3.42. The highest BCUT2D eigenvalue weighted by Crippen LogP contribution is 2.33. The first kappa shape index (κ1) is 12.8. The maximum absolute atomic E-state index is 12.3. The minimum absolute atomic E-state index is 0.0801. The van der Waals surface area contributed by atoms with Gasteiger partial charge in [0.15, 0.2) is 11.5 Å². The molecule has 2 aliphatic heterocycles. The van der Waals surface area contributed by atoms with Gasteiger partial charge in [0.2, 0.25) is 18.6 Å². The van der Waals surface area contributed by atoms with Crippen LogP contribution in [-0.4, -0.2) is 35.6 Å². The Morgan fingerprint density at radius 1 is 1.25 bits per heavy atom. The second-order valence-electron chi connectivity index (χ2n) is 5.52. The van der Waals surface area contributed by atoms with Crippen molar-refractivity contribution in [2.45, 2.75) is 25.9 Å². The molecule has 3 rings (SSSR count). The van der Waals surface area contributed by atoms with E-state index in [9.17, 15) is 9.59 Å². The van der Waals surface area contributed by atoms with Crippen LogP contribution in [0.25, 0.3) is 0 Å². The van der Waals surface area contributed by atoms with Gasteiger partial charge in [-0.05, 0) is 31.5 Å². The SMILES string of the molecule is CC1(C)NC(=O)CN(Cc2ccc3c(c2)OCO3)C1=O. The lowest BCUT2D eigenvalue weighted by atomic mass is 10.00. The zero-order chi connectivity index (χ0) is 14.3. The molecule has 6 nitrogen and oxygen atoms in total. The third-order valence-corrected chi connectivity index (χ3v) is 3.42. The molecule has 0 saturated carbocycles. The van der Waals surface area contributed by atoms with Crippen molar-refractivity contribution in [1.29, 1.82) is 0 Å². The molecule has 6 heteroatoms. The van der Waals surface area contributed by atoms with Gasteiger partial charge in [-0.25, -0.2) is 0 Å². The number of carbonyl (C=O) groups excluding carboxylic acids is 2. The topological polar surface area (TPSA) is 67.9 Å². The van der Waals surface area contributed by atoms with E-state index in [1.165, 1.54) is 0 Å². The summed E-state index contributed by atoms with van der Waals surface area (Å²) in [5.41, 5.74) is 0.0548. The number of carbonyl (C=O) groups is 2.